The van der Waals surface area contributed by atoms with Crippen molar-refractivity contribution in [2.45, 2.75) is 0 Å². The first kappa shape index (κ1) is 18.1. The Morgan fingerprint density at radius 2 is 1.74 bits per heavy atom. The number of ether oxygens (including phenoxy) is 1. The van der Waals surface area contributed by atoms with E-state index in [1.54, 1.807) is 48.7 Å². The lowest BCUT2D eigenvalue weighted by Crippen LogP contribution is -2.30. The van der Waals surface area contributed by atoms with Crippen LogP contribution in [-0.2, 0) is 9.53 Å². The van der Waals surface area contributed by atoms with Crippen molar-refractivity contribution in [3.8, 4) is 0 Å². The molecule has 0 aliphatic heterocycles. The summed E-state index contributed by atoms with van der Waals surface area (Å²) in [6.07, 6.45) is 1.67. The number of esters is 1. The van der Waals surface area contributed by atoms with Crippen LogP contribution in [0.1, 0.15) is 20.7 Å². The first-order valence-electron chi connectivity index (χ1n) is 8.18. The first-order chi connectivity index (χ1) is 13.1. The number of hydrogen-bond acceptors (Lipinski definition) is 5. The second-order valence-corrected chi connectivity index (χ2v) is 5.67. The third kappa shape index (κ3) is 4.27. The van der Waals surface area contributed by atoms with Gasteiger partial charge in [-0.2, -0.15) is 0 Å². The van der Waals surface area contributed by atoms with Crippen LogP contribution in [-0.4, -0.2) is 36.4 Å². The zero-order valence-corrected chi connectivity index (χ0v) is 14.6. The minimum absolute atomic E-state index is 0.205. The number of amides is 2. The molecule has 2 amide bonds. The number of nitrogens with zero attached hydrogens (tertiary/aromatic N) is 1. The minimum Gasteiger partial charge on any atom is -0.468 e. The SMILES string of the molecule is COC(=O)CNC(=O)c1ccc(NC(=O)c2cccc3ncccc23)cc1. The summed E-state index contributed by atoms with van der Waals surface area (Å²) in [5.41, 5.74) is 2.17. The van der Waals surface area contributed by atoms with Gasteiger partial charge in [0.25, 0.3) is 11.8 Å². The van der Waals surface area contributed by atoms with Crippen LogP contribution >= 0.6 is 0 Å². The summed E-state index contributed by atoms with van der Waals surface area (Å²) in [5.74, 6) is -1.20. The number of pyridine rings is 1. The smallest absolute Gasteiger partial charge is 0.325 e. The van der Waals surface area contributed by atoms with Gasteiger partial charge in [-0.3, -0.25) is 19.4 Å². The maximum absolute atomic E-state index is 12.6. The summed E-state index contributed by atoms with van der Waals surface area (Å²) in [4.78, 5) is 39.8. The second kappa shape index (κ2) is 8.09. The van der Waals surface area contributed by atoms with E-state index in [4.69, 9.17) is 0 Å². The molecule has 7 nitrogen and oxygen atoms in total. The molecule has 2 aromatic carbocycles. The number of nitrogens with one attached hydrogen (secondary N) is 2. The molecule has 2 N–H and O–H groups in total. The molecule has 136 valence electrons. The van der Waals surface area contributed by atoms with E-state index < -0.39 is 11.9 Å². The van der Waals surface area contributed by atoms with Crippen LogP contribution in [0.3, 0.4) is 0 Å². The molecule has 0 aliphatic carbocycles. The number of carbonyl (C=O) groups is 3. The molecule has 3 rings (SSSR count). The molecule has 7 heteroatoms. The van der Waals surface area contributed by atoms with Crippen molar-refractivity contribution in [3.63, 3.8) is 0 Å². The molecular formula is C20H17N3O4. The van der Waals surface area contributed by atoms with Gasteiger partial charge in [0.1, 0.15) is 6.54 Å². The van der Waals surface area contributed by atoms with E-state index in [0.29, 0.717) is 16.8 Å². The lowest BCUT2D eigenvalue weighted by molar-refractivity contribution is -0.139. The topological polar surface area (TPSA) is 97.4 Å². The van der Waals surface area contributed by atoms with Gasteiger partial charge in [-0.05, 0) is 42.5 Å². The zero-order chi connectivity index (χ0) is 19.2. The summed E-state index contributed by atoms with van der Waals surface area (Å²) in [5, 5.41) is 6.01. The van der Waals surface area contributed by atoms with Crippen LogP contribution in [0, 0.1) is 0 Å². The Bertz CT molecular complexity index is 994. The van der Waals surface area contributed by atoms with Gasteiger partial charge < -0.3 is 15.4 Å². The van der Waals surface area contributed by atoms with Crippen LogP contribution in [0.25, 0.3) is 10.9 Å². The van der Waals surface area contributed by atoms with Gasteiger partial charge in [-0.25, -0.2) is 0 Å². The molecule has 1 heterocycles. The van der Waals surface area contributed by atoms with Gasteiger partial charge >= 0.3 is 5.97 Å². The van der Waals surface area contributed by atoms with Crippen molar-refractivity contribution >= 4 is 34.4 Å². The van der Waals surface area contributed by atoms with Gasteiger partial charge in [-0.1, -0.05) is 12.1 Å². The maximum atomic E-state index is 12.6. The molecule has 0 fully saturated rings. The highest BCUT2D eigenvalue weighted by molar-refractivity contribution is 6.12. The largest absolute Gasteiger partial charge is 0.468 e. The van der Waals surface area contributed by atoms with Gasteiger partial charge in [0, 0.05) is 28.4 Å². The van der Waals surface area contributed by atoms with Crippen molar-refractivity contribution in [2.24, 2.45) is 0 Å². The van der Waals surface area contributed by atoms with Crippen LogP contribution in [0.4, 0.5) is 5.69 Å². The predicted molar refractivity (Wildman–Crippen MR) is 100 cm³/mol. The zero-order valence-electron chi connectivity index (χ0n) is 14.6. The fourth-order valence-electron chi connectivity index (χ4n) is 2.53. The quantitative estimate of drug-likeness (QED) is 0.679. The molecule has 0 spiro atoms. The Kier molecular flexibility index (Phi) is 5.41. The highest BCUT2D eigenvalue weighted by Crippen LogP contribution is 2.18. The monoisotopic (exact) mass is 363 g/mol. The van der Waals surface area contributed by atoms with Gasteiger partial charge in [0.2, 0.25) is 0 Å². The lowest BCUT2D eigenvalue weighted by Gasteiger charge is -2.09. The molecule has 27 heavy (non-hydrogen) atoms. The molecule has 0 atom stereocenters. The Morgan fingerprint density at radius 3 is 2.48 bits per heavy atom. The van der Waals surface area contributed by atoms with Crippen molar-refractivity contribution in [1.29, 1.82) is 0 Å². The Labute approximate surface area is 155 Å². The summed E-state index contributed by atoms with van der Waals surface area (Å²) < 4.78 is 4.47. The second-order valence-electron chi connectivity index (χ2n) is 5.67. The van der Waals surface area contributed by atoms with Crippen LogP contribution in [0.15, 0.2) is 60.8 Å². The molecule has 0 radical (unpaired) electrons. The highest BCUT2D eigenvalue weighted by Gasteiger charge is 2.12. The number of hydrogen-bond donors (Lipinski definition) is 2. The first-order valence-corrected chi connectivity index (χ1v) is 8.18. The molecule has 0 unspecified atom stereocenters. The van der Waals surface area contributed by atoms with Crippen LogP contribution in [0.2, 0.25) is 0 Å². The predicted octanol–water partition coefficient (Wildman–Crippen LogP) is 2.39. The van der Waals surface area contributed by atoms with Gasteiger partial charge in [0.15, 0.2) is 0 Å². The molecule has 0 saturated heterocycles. The summed E-state index contributed by atoms with van der Waals surface area (Å²) in [6, 6.07) is 15.3. The third-order valence-electron chi connectivity index (χ3n) is 3.92. The Balaban J connectivity index is 1.70. The number of aromatic nitrogens is 1. The van der Waals surface area contributed by atoms with Crippen molar-refractivity contribution in [1.82, 2.24) is 10.3 Å². The average Bonchev–Trinajstić information content (AvgIpc) is 2.71. The standard InChI is InChI=1S/C20H17N3O4/c1-27-18(24)12-22-19(25)13-7-9-14(10-8-13)23-20(26)16-4-2-6-17-15(16)5-3-11-21-17/h2-11H,12H2,1H3,(H,22,25)(H,23,26). The van der Waals surface area contributed by atoms with E-state index in [1.807, 2.05) is 12.1 Å². The van der Waals surface area contributed by atoms with Crippen molar-refractivity contribution in [3.05, 3.63) is 71.9 Å². The minimum atomic E-state index is -0.531. The summed E-state index contributed by atoms with van der Waals surface area (Å²) in [6.45, 7) is -0.205. The highest BCUT2D eigenvalue weighted by atomic mass is 16.5. The lowest BCUT2D eigenvalue weighted by atomic mass is 10.1. The molecule has 0 aliphatic rings. The fourth-order valence-corrected chi connectivity index (χ4v) is 2.53. The van der Waals surface area contributed by atoms with Crippen LogP contribution in [0.5, 0.6) is 0 Å². The third-order valence-corrected chi connectivity index (χ3v) is 3.92. The van der Waals surface area contributed by atoms with Crippen molar-refractivity contribution in [2.75, 3.05) is 19.0 Å². The fraction of sp³-hybridized carbons (Fsp3) is 0.100. The number of carbonyl (C=O) groups excluding carboxylic acids is 3. The number of methoxy groups -OCH3 is 1. The van der Waals surface area contributed by atoms with E-state index in [2.05, 4.69) is 20.4 Å². The molecule has 0 saturated carbocycles. The van der Waals surface area contributed by atoms with E-state index in [1.165, 1.54) is 7.11 Å². The molecule has 1 aromatic heterocycles. The van der Waals surface area contributed by atoms with E-state index in [-0.39, 0.29) is 12.5 Å². The van der Waals surface area contributed by atoms with E-state index in [9.17, 15) is 14.4 Å². The molecule has 0 bridgehead atoms. The number of anilines is 1. The molecule has 3 aromatic rings. The van der Waals surface area contributed by atoms with Gasteiger partial charge in [-0.15, -0.1) is 0 Å². The Hall–Kier alpha value is -3.74. The summed E-state index contributed by atoms with van der Waals surface area (Å²) in [7, 11) is 1.25. The van der Waals surface area contributed by atoms with E-state index in [0.717, 1.165) is 10.9 Å². The van der Waals surface area contributed by atoms with Crippen LogP contribution < -0.4 is 10.6 Å². The maximum Gasteiger partial charge on any atom is 0.325 e. The van der Waals surface area contributed by atoms with Gasteiger partial charge in [0.05, 0.1) is 12.6 Å². The van der Waals surface area contributed by atoms with Crippen molar-refractivity contribution < 1.29 is 19.1 Å². The number of benzene rings is 2. The average molecular weight is 363 g/mol. The summed E-state index contributed by atoms with van der Waals surface area (Å²) >= 11 is 0. The van der Waals surface area contributed by atoms with E-state index >= 15 is 0 Å². The number of fused-ring (bicyclic) bond motifs is 1. The number of rotatable bonds is 5. The Morgan fingerprint density at radius 1 is 0.963 bits per heavy atom. The normalized spacial score (nSPS) is 10.3. The molecular weight excluding hydrogens is 346 g/mol.